The van der Waals surface area contributed by atoms with Crippen molar-refractivity contribution in [2.75, 3.05) is 5.32 Å². The molecule has 0 unspecified atom stereocenters. The molecule has 1 aromatic carbocycles. The molecule has 0 saturated carbocycles. The topological polar surface area (TPSA) is 75.4 Å². The van der Waals surface area contributed by atoms with Crippen LogP contribution in [-0.4, -0.2) is 16.2 Å². The van der Waals surface area contributed by atoms with Gasteiger partial charge in [0.05, 0.1) is 5.69 Å². The first-order chi connectivity index (χ1) is 9.65. The maximum Gasteiger partial charge on any atom is 0.278 e. The van der Waals surface area contributed by atoms with Gasteiger partial charge >= 0.3 is 0 Å². The number of aromatic nitrogens is 1. The Morgan fingerprint density at radius 1 is 1.35 bits per heavy atom. The number of anilines is 1. The van der Waals surface area contributed by atoms with Crippen molar-refractivity contribution in [3.8, 4) is 5.75 Å². The smallest absolute Gasteiger partial charge is 0.278 e. The molecule has 0 atom stereocenters. The summed E-state index contributed by atoms with van der Waals surface area (Å²) >= 11 is 3.30. The molecule has 3 rings (SSSR count). The second kappa shape index (κ2) is 5.28. The summed E-state index contributed by atoms with van der Waals surface area (Å²) in [5.41, 5.74) is 1.55. The van der Waals surface area contributed by atoms with E-state index in [0.29, 0.717) is 11.4 Å². The van der Waals surface area contributed by atoms with Crippen LogP contribution in [-0.2, 0) is 12.8 Å². The molecule has 0 bridgehead atoms. The van der Waals surface area contributed by atoms with Crippen molar-refractivity contribution in [1.29, 1.82) is 0 Å². The Balaban J connectivity index is 1.86. The van der Waals surface area contributed by atoms with Crippen molar-refractivity contribution in [2.45, 2.75) is 25.7 Å². The van der Waals surface area contributed by atoms with E-state index in [2.05, 4.69) is 26.4 Å². The fourth-order valence-electron chi connectivity index (χ4n) is 2.35. The highest BCUT2D eigenvalue weighted by Gasteiger charge is 2.24. The molecule has 6 heteroatoms. The van der Waals surface area contributed by atoms with Crippen molar-refractivity contribution in [3.63, 3.8) is 0 Å². The van der Waals surface area contributed by atoms with E-state index in [0.717, 1.165) is 41.5 Å². The van der Waals surface area contributed by atoms with E-state index in [4.69, 9.17) is 4.52 Å². The van der Waals surface area contributed by atoms with Gasteiger partial charge in [-0.3, -0.25) is 4.79 Å². The summed E-state index contributed by atoms with van der Waals surface area (Å²) in [5.74, 6) is 0.462. The second-order valence-electron chi connectivity index (χ2n) is 4.76. The normalized spacial score (nSPS) is 13.8. The molecular weight excluding hydrogens is 324 g/mol. The summed E-state index contributed by atoms with van der Waals surface area (Å²) in [5, 5.41) is 16.3. The minimum Gasteiger partial charge on any atom is -0.506 e. The number of phenols is 1. The van der Waals surface area contributed by atoms with Crippen molar-refractivity contribution >= 4 is 27.5 Å². The predicted molar refractivity (Wildman–Crippen MR) is 76.9 cm³/mol. The van der Waals surface area contributed by atoms with E-state index in [1.807, 2.05) is 0 Å². The number of hydrogen-bond acceptors (Lipinski definition) is 4. The Kier molecular flexibility index (Phi) is 3.48. The molecule has 1 heterocycles. The van der Waals surface area contributed by atoms with Crippen LogP contribution in [0.5, 0.6) is 5.75 Å². The third-order valence-corrected chi connectivity index (χ3v) is 3.87. The van der Waals surface area contributed by atoms with Crippen LogP contribution in [0.2, 0.25) is 0 Å². The first kappa shape index (κ1) is 13.2. The summed E-state index contributed by atoms with van der Waals surface area (Å²) in [6.45, 7) is 0. The largest absolute Gasteiger partial charge is 0.506 e. The zero-order chi connectivity index (χ0) is 14.1. The van der Waals surface area contributed by atoms with E-state index in [-0.39, 0.29) is 11.7 Å². The van der Waals surface area contributed by atoms with Crippen LogP contribution in [0, 0.1) is 0 Å². The summed E-state index contributed by atoms with van der Waals surface area (Å²) < 4.78 is 5.99. The highest BCUT2D eigenvalue weighted by atomic mass is 79.9. The van der Waals surface area contributed by atoms with Crippen molar-refractivity contribution in [3.05, 3.63) is 39.7 Å². The molecule has 0 spiro atoms. The fourth-order valence-corrected chi connectivity index (χ4v) is 2.71. The van der Waals surface area contributed by atoms with Crippen LogP contribution in [0.4, 0.5) is 5.69 Å². The maximum absolute atomic E-state index is 12.3. The van der Waals surface area contributed by atoms with Gasteiger partial charge in [-0.05, 0) is 37.5 Å². The second-order valence-corrected chi connectivity index (χ2v) is 5.67. The fraction of sp³-hybridized carbons (Fsp3) is 0.286. The molecular formula is C14H13BrN2O3. The lowest BCUT2D eigenvalue weighted by molar-refractivity contribution is 0.101. The SMILES string of the molecule is O=C(Nc1cc(Br)ccc1O)c1noc2c1CCCC2. The number of amides is 1. The molecule has 104 valence electrons. The molecule has 5 nitrogen and oxygen atoms in total. The minimum atomic E-state index is -0.356. The molecule has 0 radical (unpaired) electrons. The number of nitrogens with one attached hydrogen (secondary N) is 1. The van der Waals surface area contributed by atoms with Gasteiger partial charge in [0.1, 0.15) is 11.5 Å². The number of halogens is 1. The van der Waals surface area contributed by atoms with E-state index in [9.17, 15) is 9.90 Å². The van der Waals surface area contributed by atoms with Crippen LogP contribution in [0.1, 0.15) is 34.7 Å². The van der Waals surface area contributed by atoms with Gasteiger partial charge in [-0.25, -0.2) is 0 Å². The van der Waals surface area contributed by atoms with E-state index in [1.165, 1.54) is 6.07 Å². The molecule has 1 aliphatic rings. The van der Waals surface area contributed by atoms with Gasteiger partial charge in [0, 0.05) is 16.5 Å². The first-order valence-corrected chi connectivity index (χ1v) is 7.22. The maximum atomic E-state index is 12.3. The molecule has 1 aliphatic carbocycles. The Morgan fingerprint density at radius 3 is 3.00 bits per heavy atom. The number of benzene rings is 1. The molecule has 1 aromatic heterocycles. The quantitative estimate of drug-likeness (QED) is 0.825. The number of rotatable bonds is 2. The number of phenolic OH excluding ortho intramolecular Hbond substituents is 1. The summed E-state index contributed by atoms with van der Waals surface area (Å²) in [6.07, 6.45) is 3.75. The number of carbonyl (C=O) groups excluding carboxylic acids is 1. The third kappa shape index (κ3) is 2.43. The number of aryl methyl sites for hydroxylation is 1. The number of fused-ring (bicyclic) bond motifs is 1. The number of nitrogens with zero attached hydrogens (tertiary/aromatic N) is 1. The zero-order valence-corrected chi connectivity index (χ0v) is 12.2. The number of carbonyl (C=O) groups is 1. The van der Waals surface area contributed by atoms with Gasteiger partial charge in [-0.1, -0.05) is 21.1 Å². The van der Waals surface area contributed by atoms with Crippen LogP contribution >= 0.6 is 15.9 Å². The van der Waals surface area contributed by atoms with Crippen LogP contribution < -0.4 is 5.32 Å². The Morgan fingerprint density at radius 2 is 2.15 bits per heavy atom. The Labute approximate surface area is 124 Å². The molecule has 0 fully saturated rings. The van der Waals surface area contributed by atoms with Gasteiger partial charge < -0.3 is 14.9 Å². The van der Waals surface area contributed by atoms with Crippen LogP contribution in [0.15, 0.2) is 27.2 Å². The summed E-state index contributed by atoms with van der Waals surface area (Å²) in [7, 11) is 0. The lowest BCUT2D eigenvalue weighted by Crippen LogP contribution is -2.15. The lowest BCUT2D eigenvalue weighted by Gasteiger charge is -2.10. The molecule has 1 amide bonds. The zero-order valence-electron chi connectivity index (χ0n) is 10.6. The van der Waals surface area contributed by atoms with E-state index < -0.39 is 0 Å². The van der Waals surface area contributed by atoms with Crippen LogP contribution in [0.3, 0.4) is 0 Å². The molecule has 20 heavy (non-hydrogen) atoms. The highest BCUT2D eigenvalue weighted by Crippen LogP contribution is 2.29. The van der Waals surface area contributed by atoms with Gasteiger partial charge in [0.15, 0.2) is 5.69 Å². The van der Waals surface area contributed by atoms with Crippen molar-refractivity contribution < 1.29 is 14.4 Å². The highest BCUT2D eigenvalue weighted by molar-refractivity contribution is 9.10. The van der Waals surface area contributed by atoms with Crippen molar-refractivity contribution in [1.82, 2.24) is 5.16 Å². The monoisotopic (exact) mass is 336 g/mol. The van der Waals surface area contributed by atoms with Gasteiger partial charge in [0.25, 0.3) is 5.91 Å². The summed E-state index contributed by atoms with van der Waals surface area (Å²) in [4.78, 5) is 12.3. The van der Waals surface area contributed by atoms with E-state index >= 15 is 0 Å². The minimum absolute atomic E-state index is 0.0129. The molecule has 0 saturated heterocycles. The number of hydrogen-bond donors (Lipinski definition) is 2. The average molecular weight is 337 g/mol. The van der Waals surface area contributed by atoms with Crippen LogP contribution in [0.25, 0.3) is 0 Å². The average Bonchev–Trinajstić information content (AvgIpc) is 2.87. The summed E-state index contributed by atoms with van der Waals surface area (Å²) in [6, 6.07) is 4.85. The molecule has 0 aliphatic heterocycles. The standard InChI is InChI=1S/C14H13BrN2O3/c15-8-5-6-11(18)10(7-8)16-14(19)13-9-3-1-2-4-12(9)20-17-13/h5-7,18H,1-4H2,(H,16,19). The Bertz CT molecular complexity index is 666. The van der Waals surface area contributed by atoms with Gasteiger partial charge in [0.2, 0.25) is 0 Å². The molecule has 2 aromatic rings. The number of aromatic hydroxyl groups is 1. The first-order valence-electron chi connectivity index (χ1n) is 6.42. The Hall–Kier alpha value is -1.82. The molecule has 2 N–H and O–H groups in total. The van der Waals surface area contributed by atoms with Crippen molar-refractivity contribution in [2.24, 2.45) is 0 Å². The van der Waals surface area contributed by atoms with Gasteiger partial charge in [-0.2, -0.15) is 0 Å². The van der Waals surface area contributed by atoms with E-state index in [1.54, 1.807) is 12.1 Å². The predicted octanol–water partition coefficient (Wildman–Crippen LogP) is 3.27. The van der Waals surface area contributed by atoms with Gasteiger partial charge in [-0.15, -0.1) is 0 Å². The third-order valence-electron chi connectivity index (χ3n) is 3.37. The lowest BCUT2D eigenvalue weighted by atomic mass is 9.96.